The zero-order valence-electron chi connectivity index (χ0n) is 14.3. The van der Waals surface area contributed by atoms with Gasteiger partial charge in [0.05, 0.1) is 5.56 Å². The minimum atomic E-state index is -4.33. The summed E-state index contributed by atoms with van der Waals surface area (Å²) in [6.07, 6.45) is -3.39. The topological polar surface area (TPSA) is 0 Å². The van der Waals surface area contributed by atoms with Gasteiger partial charge in [0.25, 0.3) is 0 Å². The van der Waals surface area contributed by atoms with Crippen molar-refractivity contribution in [3.05, 3.63) is 105 Å². The summed E-state index contributed by atoms with van der Waals surface area (Å²) in [6, 6.07) is 19.3. The molecule has 4 heteroatoms. The summed E-state index contributed by atoms with van der Waals surface area (Å²) in [5, 5.41) is 0.730. The van der Waals surface area contributed by atoms with E-state index in [9.17, 15) is 13.2 Å². The molecule has 0 bridgehead atoms. The van der Waals surface area contributed by atoms with Crippen molar-refractivity contribution in [3.8, 4) is 0 Å². The summed E-state index contributed by atoms with van der Waals surface area (Å²) in [6.45, 7) is 1.99. The fourth-order valence-electron chi connectivity index (χ4n) is 2.96. The van der Waals surface area contributed by atoms with E-state index in [4.69, 9.17) is 11.6 Å². The maximum atomic E-state index is 13.1. The summed E-state index contributed by atoms with van der Waals surface area (Å²) in [5.41, 5.74) is 3.78. The molecular formula is C22H18ClF3. The van der Waals surface area contributed by atoms with E-state index in [0.717, 1.165) is 33.3 Å². The van der Waals surface area contributed by atoms with Crippen LogP contribution in [0, 0.1) is 6.92 Å². The molecule has 0 N–H and O–H groups in total. The largest absolute Gasteiger partial charge is 0.416 e. The highest BCUT2D eigenvalue weighted by Gasteiger charge is 2.32. The molecule has 0 radical (unpaired) electrons. The molecule has 0 unspecified atom stereocenters. The third-order valence-electron chi connectivity index (χ3n) is 4.34. The Morgan fingerprint density at radius 2 is 1.35 bits per heavy atom. The first-order valence-electron chi connectivity index (χ1n) is 8.31. The van der Waals surface area contributed by atoms with E-state index in [0.29, 0.717) is 6.42 Å². The smallest absolute Gasteiger partial charge is 0.166 e. The van der Waals surface area contributed by atoms with Crippen LogP contribution in [0.5, 0.6) is 0 Å². The number of alkyl halides is 3. The predicted molar refractivity (Wildman–Crippen MR) is 99.7 cm³/mol. The molecule has 0 heterocycles. The number of halogens is 4. The molecule has 0 saturated heterocycles. The average Bonchev–Trinajstić information content (AvgIpc) is 2.58. The molecule has 0 amide bonds. The van der Waals surface area contributed by atoms with Crippen molar-refractivity contribution in [3.63, 3.8) is 0 Å². The minimum Gasteiger partial charge on any atom is -0.166 e. The number of hydrogen-bond donors (Lipinski definition) is 0. The van der Waals surface area contributed by atoms with Crippen LogP contribution in [0.1, 0.15) is 33.4 Å². The number of aryl methyl sites for hydroxylation is 1. The lowest BCUT2D eigenvalue weighted by molar-refractivity contribution is -0.138. The Morgan fingerprint density at radius 3 is 1.92 bits per heavy atom. The van der Waals surface area contributed by atoms with Crippen LogP contribution in [0.25, 0.3) is 0 Å². The summed E-state index contributed by atoms with van der Waals surface area (Å²) >= 11 is 6.27. The SMILES string of the molecule is Cc1ccc(Cc2ccc(Cc3ccccc3C(F)(F)F)cc2)c(Cl)c1. The van der Waals surface area contributed by atoms with Gasteiger partial charge in [0, 0.05) is 5.02 Å². The molecule has 0 aromatic heterocycles. The van der Waals surface area contributed by atoms with Gasteiger partial charge in [-0.2, -0.15) is 13.2 Å². The van der Waals surface area contributed by atoms with Gasteiger partial charge in [0.15, 0.2) is 0 Å². The molecular weight excluding hydrogens is 357 g/mol. The Bertz CT molecular complexity index is 896. The van der Waals surface area contributed by atoms with Crippen molar-refractivity contribution >= 4 is 11.6 Å². The van der Waals surface area contributed by atoms with Gasteiger partial charge < -0.3 is 0 Å². The van der Waals surface area contributed by atoms with Crippen molar-refractivity contribution < 1.29 is 13.2 Å². The van der Waals surface area contributed by atoms with Crippen molar-refractivity contribution in [2.45, 2.75) is 25.9 Å². The lowest BCUT2D eigenvalue weighted by atomic mass is 9.97. The molecule has 134 valence electrons. The van der Waals surface area contributed by atoms with E-state index in [-0.39, 0.29) is 12.0 Å². The van der Waals surface area contributed by atoms with Gasteiger partial charge in [0.2, 0.25) is 0 Å². The molecule has 0 aliphatic rings. The molecule has 0 saturated carbocycles. The first-order valence-corrected chi connectivity index (χ1v) is 8.68. The zero-order valence-corrected chi connectivity index (χ0v) is 15.0. The van der Waals surface area contributed by atoms with Crippen molar-refractivity contribution in [1.82, 2.24) is 0 Å². The molecule has 0 spiro atoms. The number of hydrogen-bond acceptors (Lipinski definition) is 0. The van der Waals surface area contributed by atoms with Crippen LogP contribution in [0.15, 0.2) is 66.7 Å². The molecule has 3 rings (SSSR count). The summed E-state index contributed by atoms with van der Waals surface area (Å²) < 4.78 is 39.3. The monoisotopic (exact) mass is 374 g/mol. The zero-order chi connectivity index (χ0) is 18.7. The Labute approximate surface area is 156 Å². The van der Waals surface area contributed by atoms with Crippen LogP contribution >= 0.6 is 11.6 Å². The van der Waals surface area contributed by atoms with Crippen molar-refractivity contribution in [1.29, 1.82) is 0 Å². The second-order valence-electron chi connectivity index (χ2n) is 6.42. The van der Waals surface area contributed by atoms with Crippen molar-refractivity contribution in [2.24, 2.45) is 0 Å². The fourth-order valence-corrected chi connectivity index (χ4v) is 3.26. The molecule has 3 aromatic rings. The van der Waals surface area contributed by atoms with E-state index < -0.39 is 11.7 Å². The molecule has 26 heavy (non-hydrogen) atoms. The number of rotatable bonds is 4. The molecule has 0 aliphatic heterocycles. The minimum absolute atomic E-state index is 0.251. The third-order valence-corrected chi connectivity index (χ3v) is 4.70. The fraction of sp³-hybridized carbons (Fsp3) is 0.182. The number of benzene rings is 3. The van der Waals surface area contributed by atoms with E-state index >= 15 is 0 Å². The molecule has 0 fully saturated rings. The van der Waals surface area contributed by atoms with Crippen LogP contribution in [0.3, 0.4) is 0 Å². The van der Waals surface area contributed by atoms with Gasteiger partial charge in [-0.25, -0.2) is 0 Å². The Balaban J connectivity index is 1.77. The van der Waals surface area contributed by atoms with E-state index in [1.54, 1.807) is 6.07 Å². The first-order chi connectivity index (χ1) is 12.3. The molecule has 0 atom stereocenters. The average molecular weight is 375 g/mol. The Morgan fingerprint density at radius 1 is 0.769 bits per heavy atom. The lowest BCUT2D eigenvalue weighted by Crippen LogP contribution is -2.09. The van der Waals surface area contributed by atoms with Crippen LogP contribution in [-0.2, 0) is 19.0 Å². The second-order valence-corrected chi connectivity index (χ2v) is 6.83. The Kier molecular flexibility index (Phi) is 5.38. The normalized spacial score (nSPS) is 11.6. The highest BCUT2D eigenvalue weighted by Crippen LogP contribution is 2.33. The van der Waals surface area contributed by atoms with Gasteiger partial charge in [-0.05, 0) is 59.7 Å². The standard InChI is InChI=1S/C22H18ClF3/c1-15-6-11-19(21(23)12-15)14-17-9-7-16(8-10-17)13-18-4-2-3-5-20(18)22(24,25)26/h2-12H,13-14H2,1H3. The van der Waals surface area contributed by atoms with Crippen LogP contribution in [0.2, 0.25) is 5.02 Å². The van der Waals surface area contributed by atoms with Crippen LogP contribution in [0.4, 0.5) is 13.2 Å². The maximum Gasteiger partial charge on any atom is 0.416 e. The van der Waals surface area contributed by atoms with Gasteiger partial charge in [-0.15, -0.1) is 0 Å². The highest BCUT2D eigenvalue weighted by molar-refractivity contribution is 6.31. The molecule has 3 aromatic carbocycles. The first kappa shape index (κ1) is 18.5. The lowest BCUT2D eigenvalue weighted by Gasteiger charge is -2.13. The third kappa shape index (κ3) is 4.47. The maximum absolute atomic E-state index is 13.1. The summed E-state index contributed by atoms with van der Waals surface area (Å²) in [5.74, 6) is 0. The second kappa shape index (κ2) is 7.55. The predicted octanol–water partition coefficient (Wildman–Crippen LogP) is 6.85. The Hall–Kier alpha value is -2.26. The van der Waals surface area contributed by atoms with Crippen LogP contribution in [-0.4, -0.2) is 0 Å². The van der Waals surface area contributed by atoms with Gasteiger partial charge in [-0.3, -0.25) is 0 Å². The molecule has 0 aliphatic carbocycles. The highest BCUT2D eigenvalue weighted by atomic mass is 35.5. The van der Waals surface area contributed by atoms with Gasteiger partial charge in [-0.1, -0.05) is 66.2 Å². The van der Waals surface area contributed by atoms with E-state index in [1.165, 1.54) is 12.1 Å². The summed E-state index contributed by atoms with van der Waals surface area (Å²) in [4.78, 5) is 0. The van der Waals surface area contributed by atoms with E-state index in [1.807, 2.05) is 49.4 Å². The van der Waals surface area contributed by atoms with Gasteiger partial charge in [0.1, 0.15) is 0 Å². The van der Waals surface area contributed by atoms with Crippen LogP contribution < -0.4 is 0 Å². The van der Waals surface area contributed by atoms with Crippen molar-refractivity contribution in [2.75, 3.05) is 0 Å². The van der Waals surface area contributed by atoms with E-state index in [2.05, 4.69) is 0 Å². The van der Waals surface area contributed by atoms with Gasteiger partial charge >= 0.3 is 6.18 Å². The summed E-state index contributed by atoms with van der Waals surface area (Å²) in [7, 11) is 0. The quantitative estimate of drug-likeness (QED) is 0.468. The molecule has 0 nitrogen and oxygen atoms in total.